The number of ether oxygens (including phenoxy) is 1. The summed E-state index contributed by atoms with van der Waals surface area (Å²) >= 11 is 0. The molecule has 0 aliphatic carbocycles. The molecule has 1 aromatic carbocycles. The number of nitrogens with zero attached hydrogens (tertiary/aromatic N) is 1. The van der Waals surface area contributed by atoms with E-state index < -0.39 is 24.8 Å². The van der Waals surface area contributed by atoms with E-state index in [1.165, 1.54) is 0 Å². The van der Waals surface area contributed by atoms with E-state index in [1.54, 1.807) is 4.90 Å². The molecule has 1 aliphatic rings. The Morgan fingerprint density at radius 1 is 1.27 bits per heavy atom. The maximum atomic E-state index is 13.3. The quantitative estimate of drug-likeness (QED) is 0.824. The van der Waals surface area contributed by atoms with Gasteiger partial charge in [-0.15, -0.1) is 25.6 Å². The second kappa shape index (κ2) is 7.85. The van der Waals surface area contributed by atoms with Gasteiger partial charge in [0.25, 0.3) is 0 Å². The lowest BCUT2D eigenvalue weighted by Crippen LogP contribution is -2.45. The molecular weight excluding hydrogens is 328 g/mol. The third-order valence-corrected chi connectivity index (χ3v) is 3.33. The summed E-state index contributed by atoms with van der Waals surface area (Å²) in [5, 5.41) is 12.9. The van der Waals surface area contributed by atoms with Crippen molar-refractivity contribution < 1.29 is 27.4 Å². The molecule has 0 aromatic heterocycles. The molecule has 0 unspecified atom stereocenters. The lowest BCUT2D eigenvalue weighted by Gasteiger charge is -2.34. The van der Waals surface area contributed by atoms with Gasteiger partial charge < -0.3 is 15.2 Å². The first-order valence-electron chi connectivity index (χ1n) is 6.50. The Hall–Kier alpha value is -1.25. The molecule has 4 nitrogen and oxygen atoms in total. The van der Waals surface area contributed by atoms with Crippen LogP contribution in [0.3, 0.4) is 0 Å². The van der Waals surface area contributed by atoms with E-state index in [4.69, 9.17) is 0 Å². The number of phenols is 1. The Labute approximate surface area is 131 Å². The van der Waals surface area contributed by atoms with E-state index >= 15 is 0 Å². The van der Waals surface area contributed by atoms with Gasteiger partial charge in [-0.2, -0.15) is 0 Å². The minimum Gasteiger partial charge on any atom is -0.508 e. The lowest BCUT2D eigenvalue weighted by molar-refractivity contribution is -0.274. The van der Waals surface area contributed by atoms with Gasteiger partial charge in [-0.25, -0.2) is 4.39 Å². The van der Waals surface area contributed by atoms with E-state index in [9.17, 15) is 22.7 Å². The van der Waals surface area contributed by atoms with Gasteiger partial charge in [-0.05, 0) is 18.2 Å². The van der Waals surface area contributed by atoms with E-state index in [-0.39, 0.29) is 23.7 Å². The van der Waals surface area contributed by atoms with E-state index in [1.807, 2.05) is 0 Å². The highest BCUT2D eigenvalue weighted by Crippen LogP contribution is 2.34. The van der Waals surface area contributed by atoms with E-state index in [2.05, 4.69) is 10.1 Å². The summed E-state index contributed by atoms with van der Waals surface area (Å²) in [5.41, 5.74) is 0.0983. The number of rotatable bonds is 4. The highest BCUT2D eigenvalue weighted by Gasteiger charge is 2.32. The number of aromatic hydroxyl groups is 1. The van der Waals surface area contributed by atoms with Crippen molar-refractivity contribution in [3.63, 3.8) is 0 Å². The largest absolute Gasteiger partial charge is 0.573 e. The monoisotopic (exact) mass is 344 g/mol. The molecule has 22 heavy (non-hydrogen) atoms. The minimum absolute atomic E-state index is 0. The average Bonchev–Trinajstić information content (AvgIpc) is 2.43. The number of piperazine rings is 1. The summed E-state index contributed by atoms with van der Waals surface area (Å²) in [6.45, 7) is 1.63. The van der Waals surface area contributed by atoms with Crippen LogP contribution < -0.4 is 10.1 Å². The average molecular weight is 345 g/mol. The van der Waals surface area contributed by atoms with Crippen molar-refractivity contribution in [1.29, 1.82) is 0 Å². The van der Waals surface area contributed by atoms with Crippen LogP contribution in [0, 0.1) is 0 Å². The molecular formula is C13H17ClF4N2O2. The number of hydrogen-bond acceptors (Lipinski definition) is 4. The molecule has 9 heteroatoms. The Bertz CT molecular complexity index is 482. The third kappa shape index (κ3) is 4.89. The number of alkyl halides is 4. The molecule has 0 spiro atoms. The van der Waals surface area contributed by atoms with Crippen molar-refractivity contribution in [2.75, 3.05) is 32.9 Å². The molecule has 0 bridgehead atoms. The van der Waals surface area contributed by atoms with Gasteiger partial charge in [0.1, 0.15) is 18.2 Å². The fourth-order valence-corrected chi connectivity index (χ4v) is 2.37. The summed E-state index contributed by atoms with van der Waals surface area (Å²) < 4.78 is 53.9. The summed E-state index contributed by atoms with van der Waals surface area (Å²) in [5.74, 6) is -0.713. The summed E-state index contributed by atoms with van der Waals surface area (Å²) in [4.78, 5) is 1.78. The molecule has 126 valence electrons. The topological polar surface area (TPSA) is 44.7 Å². The number of benzene rings is 1. The molecule has 0 amide bonds. The Kier molecular flexibility index (Phi) is 6.70. The summed E-state index contributed by atoms with van der Waals surface area (Å²) in [6.07, 6.45) is -4.82. The molecule has 1 atom stereocenters. The molecule has 1 aromatic rings. The van der Waals surface area contributed by atoms with Crippen LogP contribution >= 0.6 is 12.4 Å². The predicted octanol–water partition coefficient (Wildman–Crippen LogP) is 2.63. The maximum Gasteiger partial charge on any atom is 0.573 e. The van der Waals surface area contributed by atoms with Crippen LogP contribution in [-0.2, 0) is 0 Å². The van der Waals surface area contributed by atoms with Gasteiger partial charge >= 0.3 is 6.36 Å². The highest BCUT2D eigenvalue weighted by molar-refractivity contribution is 5.85. The first-order chi connectivity index (χ1) is 9.90. The zero-order chi connectivity index (χ0) is 15.5. The molecule has 1 fully saturated rings. The van der Waals surface area contributed by atoms with Gasteiger partial charge in [0.05, 0.1) is 6.04 Å². The van der Waals surface area contributed by atoms with Crippen LogP contribution in [0.15, 0.2) is 18.2 Å². The van der Waals surface area contributed by atoms with E-state index in [0.29, 0.717) is 26.2 Å². The first-order valence-corrected chi connectivity index (χ1v) is 6.50. The van der Waals surface area contributed by atoms with Crippen LogP contribution in [0.2, 0.25) is 0 Å². The Balaban J connectivity index is 0.00000242. The van der Waals surface area contributed by atoms with Crippen molar-refractivity contribution in [3.8, 4) is 11.5 Å². The van der Waals surface area contributed by atoms with Gasteiger partial charge in [0, 0.05) is 31.7 Å². The lowest BCUT2D eigenvalue weighted by atomic mass is 10.0. The molecule has 1 saturated heterocycles. The molecule has 1 aliphatic heterocycles. The highest BCUT2D eigenvalue weighted by atomic mass is 35.5. The standard InChI is InChI=1S/C13H16F4N2O2.ClH/c14-8-11(19-5-3-18-4-6-19)10-7-9(1-2-12(10)20)21-13(15,16)17;/h1-2,7,11,18,20H,3-6,8H2;1H/t11-;/m1./s1. The number of nitrogens with one attached hydrogen (secondary N) is 1. The number of hydrogen-bond donors (Lipinski definition) is 2. The van der Waals surface area contributed by atoms with Crippen LogP contribution in [-0.4, -0.2) is 49.2 Å². The smallest absolute Gasteiger partial charge is 0.508 e. The predicted molar refractivity (Wildman–Crippen MR) is 75.2 cm³/mol. The molecule has 2 N–H and O–H groups in total. The third-order valence-electron chi connectivity index (χ3n) is 3.33. The zero-order valence-electron chi connectivity index (χ0n) is 11.6. The fraction of sp³-hybridized carbons (Fsp3) is 0.538. The van der Waals surface area contributed by atoms with Crippen LogP contribution in [0.25, 0.3) is 0 Å². The van der Waals surface area contributed by atoms with E-state index in [0.717, 1.165) is 18.2 Å². The van der Waals surface area contributed by atoms with Crippen molar-refractivity contribution >= 4 is 12.4 Å². The van der Waals surface area contributed by atoms with Gasteiger partial charge in [0.15, 0.2) is 0 Å². The van der Waals surface area contributed by atoms with Crippen LogP contribution in [0.1, 0.15) is 11.6 Å². The fourth-order valence-electron chi connectivity index (χ4n) is 2.37. The number of halogens is 5. The van der Waals surface area contributed by atoms with Gasteiger partial charge in [0.2, 0.25) is 0 Å². The minimum atomic E-state index is -4.82. The Morgan fingerprint density at radius 3 is 2.45 bits per heavy atom. The van der Waals surface area contributed by atoms with Gasteiger partial charge in [-0.3, -0.25) is 4.90 Å². The van der Waals surface area contributed by atoms with Crippen LogP contribution in [0.5, 0.6) is 11.5 Å². The van der Waals surface area contributed by atoms with Crippen molar-refractivity contribution in [2.45, 2.75) is 12.4 Å². The van der Waals surface area contributed by atoms with Crippen molar-refractivity contribution in [3.05, 3.63) is 23.8 Å². The van der Waals surface area contributed by atoms with Gasteiger partial charge in [-0.1, -0.05) is 0 Å². The maximum absolute atomic E-state index is 13.3. The second-order valence-electron chi connectivity index (χ2n) is 4.72. The molecule has 0 saturated carbocycles. The second-order valence-corrected chi connectivity index (χ2v) is 4.72. The Morgan fingerprint density at radius 2 is 1.91 bits per heavy atom. The number of phenolic OH excluding ortho intramolecular Hbond substituents is 1. The molecule has 1 heterocycles. The normalized spacial score (nSPS) is 17.6. The molecule has 2 rings (SSSR count). The van der Waals surface area contributed by atoms with Crippen molar-refractivity contribution in [1.82, 2.24) is 10.2 Å². The SMILES string of the molecule is Cl.Oc1ccc(OC(F)(F)F)cc1[C@@H](CF)N1CCNCC1. The first kappa shape index (κ1) is 18.8. The molecule has 0 radical (unpaired) electrons. The zero-order valence-corrected chi connectivity index (χ0v) is 12.4. The van der Waals surface area contributed by atoms with Crippen LogP contribution in [0.4, 0.5) is 17.6 Å². The van der Waals surface area contributed by atoms with Crippen molar-refractivity contribution in [2.24, 2.45) is 0 Å². The summed E-state index contributed by atoms with van der Waals surface area (Å²) in [6, 6.07) is 2.33. The summed E-state index contributed by atoms with van der Waals surface area (Å²) in [7, 11) is 0.